The molecule has 2 amide bonds. The molecule has 92 valence electrons. The van der Waals surface area contributed by atoms with Gasteiger partial charge in [-0.3, -0.25) is 9.59 Å². The molecule has 1 fully saturated rings. The smallest absolute Gasteiger partial charge is 0.261 e. The summed E-state index contributed by atoms with van der Waals surface area (Å²) in [6, 6.07) is 1.56. The molecule has 0 radical (unpaired) electrons. The molecule has 5 N–H and O–H groups in total. The molecule has 1 aromatic heterocycles. The Morgan fingerprint density at radius 1 is 1.53 bits per heavy atom. The van der Waals surface area contributed by atoms with Crippen molar-refractivity contribution in [2.75, 3.05) is 6.54 Å². The van der Waals surface area contributed by atoms with Crippen LogP contribution in [0.3, 0.4) is 0 Å². The van der Waals surface area contributed by atoms with Gasteiger partial charge in [0.2, 0.25) is 5.91 Å². The predicted octanol–water partition coefficient (Wildman–Crippen LogP) is 0.314. The SMILES string of the molecule is NCC(NC(=O)c1cc(C(N)=O)cs1)C1CC1. The average Bonchev–Trinajstić information content (AvgIpc) is 3.01. The van der Waals surface area contributed by atoms with Crippen molar-refractivity contribution in [2.45, 2.75) is 18.9 Å². The molecule has 0 aliphatic heterocycles. The van der Waals surface area contributed by atoms with E-state index >= 15 is 0 Å². The number of carbonyl (C=O) groups is 2. The van der Waals surface area contributed by atoms with E-state index in [-0.39, 0.29) is 11.9 Å². The van der Waals surface area contributed by atoms with Crippen LogP contribution in [-0.2, 0) is 0 Å². The van der Waals surface area contributed by atoms with Crippen LogP contribution in [0.15, 0.2) is 11.4 Å². The second-order valence-electron chi connectivity index (χ2n) is 4.22. The van der Waals surface area contributed by atoms with E-state index in [1.165, 1.54) is 17.4 Å². The lowest BCUT2D eigenvalue weighted by Gasteiger charge is -2.14. The molecule has 5 nitrogen and oxygen atoms in total. The van der Waals surface area contributed by atoms with Gasteiger partial charge in [-0.2, -0.15) is 0 Å². The summed E-state index contributed by atoms with van der Waals surface area (Å²) < 4.78 is 0. The normalized spacial score (nSPS) is 16.5. The van der Waals surface area contributed by atoms with Crippen molar-refractivity contribution in [2.24, 2.45) is 17.4 Å². The van der Waals surface area contributed by atoms with Crippen molar-refractivity contribution in [3.8, 4) is 0 Å². The first-order valence-electron chi connectivity index (χ1n) is 5.51. The summed E-state index contributed by atoms with van der Waals surface area (Å²) in [7, 11) is 0. The van der Waals surface area contributed by atoms with Crippen molar-refractivity contribution >= 4 is 23.2 Å². The lowest BCUT2D eigenvalue weighted by Crippen LogP contribution is -2.41. The highest BCUT2D eigenvalue weighted by Gasteiger charge is 2.31. The molecule has 0 aromatic carbocycles. The first-order valence-corrected chi connectivity index (χ1v) is 6.39. The third-order valence-corrected chi connectivity index (χ3v) is 3.80. The predicted molar refractivity (Wildman–Crippen MR) is 65.9 cm³/mol. The van der Waals surface area contributed by atoms with Gasteiger partial charge in [-0.25, -0.2) is 0 Å². The average molecular weight is 253 g/mol. The van der Waals surface area contributed by atoms with Gasteiger partial charge in [-0.15, -0.1) is 11.3 Å². The summed E-state index contributed by atoms with van der Waals surface area (Å²) in [6.45, 7) is 0.449. The summed E-state index contributed by atoms with van der Waals surface area (Å²) in [5.41, 5.74) is 11.1. The van der Waals surface area contributed by atoms with Crippen LogP contribution in [0.2, 0.25) is 0 Å². The third kappa shape index (κ3) is 2.83. The molecule has 1 unspecified atom stereocenters. The van der Waals surface area contributed by atoms with Crippen LogP contribution in [-0.4, -0.2) is 24.4 Å². The fourth-order valence-corrected chi connectivity index (χ4v) is 2.49. The van der Waals surface area contributed by atoms with Gasteiger partial charge in [-0.05, 0) is 24.8 Å². The number of nitrogens with one attached hydrogen (secondary N) is 1. The van der Waals surface area contributed by atoms with E-state index in [0.717, 1.165) is 12.8 Å². The third-order valence-electron chi connectivity index (χ3n) is 2.87. The van der Waals surface area contributed by atoms with E-state index in [1.807, 2.05) is 0 Å². The summed E-state index contributed by atoms with van der Waals surface area (Å²) in [6.07, 6.45) is 2.25. The highest BCUT2D eigenvalue weighted by atomic mass is 32.1. The lowest BCUT2D eigenvalue weighted by molar-refractivity contribution is 0.0937. The number of rotatable bonds is 5. The second-order valence-corrected chi connectivity index (χ2v) is 5.13. The second kappa shape index (κ2) is 4.85. The van der Waals surface area contributed by atoms with Crippen molar-refractivity contribution < 1.29 is 9.59 Å². The Morgan fingerprint density at radius 2 is 2.24 bits per heavy atom. The van der Waals surface area contributed by atoms with Crippen molar-refractivity contribution in [3.05, 3.63) is 21.9 Å². The first-order chi connectivity index (χ1) is 8.11. The zero-order valence-corrected chi connectivity index (χ0v) is 10.1. The molecule has 1 atom stereocenters. The fourth-order valence-electron chi connectivity index (χ4n) is 1.69. The van der Waals surface area contributed by atoms with E-state index in [4.69, 9.17) is 11.5 Å². The molecular weight excluding hydrogens is 238 g/mol. The Balaban J connectivity index is 2.00. The van der Waals surface area contributed by atoms with Crippen LogP contribution in [0.4, 0.5) is 0 Å². The van der Waals surface area contributed by atoms with E-state index < -0.39 is 5.91 Å². The number of hydrogen-bond donors (Lipinski definition) is 3. The van der Waals surface area contributed by atoms with Crippen LogP contribution in [0.5, 0.6) is 0 Å². The molecule has 6 heteroatoms. The molecular formula is C11H15N3O2S. The van der Waals surface area contributed by atoms with Crippen LogP contribution in [0.1, 0.15) is 32.9 Å². The topological polar surface area (TPSA) is 98.2 Å². The summed E-state index contributed by atoms with van der Waals surface area (Å²) >= 11 is 1.22. The quantitative estimate of drug-likeness (QED) is 0.704. The number of carbonyl (C=O) groups excluding carboxylic acids is 2. The van der Waals surface area contributed by atoms with E-state index in [2.05, 4.69) is 5.32 Å². The Morgan fingerprint density at radius 3 is 2.71 bits per heavy atom. The standard InChI is InChI=1S/C11H15N3O2S/c12-4-8(6-1-2-6)14-11(16)9-3-7(5-17-9)10(13)15/h3,5-6,8H,1-2,4,12H2,(H2,13,15)(H,14,16). The number of primary amides is 1. The molecule has 1 heterocycles. The lowest BCUT2D eigenvalue weighted by atomic mass is 10.2. The molecule has 1 aromatic rings. The van der Waals surface area contributed by atoms with Gasteiger partial charge in [0.15, 0.2) is 0 Å². The Bertz CT molecular complexity index is 440. The Labute approximate surface area is 103 Å². The van der Waals surface area contributed by atoms with Crippen LogP contribution in [0.25, 0.3) is 0 Å². The number of hydrogen-bond acceptors (Lipinski definition) is 4. The highest BCUT2D eigenvalue weighted by molar-refractivity contribution is 7.12. The summed E-state index contributed by atoms with van der Waals surface area (Å²) in [4.78, 5) is 23.3. The van der Waals surface area contributed by atoms with Crippen molar-refractivity contribution in [1.82, 2.24) is 5.32 Å². The van der Waals surface area contributed by atoms with Gasteiger partial charge < -0.3 is 16.8 Å². The zero-order chi connectivity index (χ0) is 12.4. The van der Waals surface area contributed by atoms with Gasteiger partial charge >= 0.3 is 0 Å². The number of thiophene rings is 1. The van der Waals surface area contributed by atoms with Crippen molar-refractivity contribution in [3.63, 3.8) is 0 Å². The Hall–Kier alpha value is -1.40. The maximum atomic E-state index is 11.9. The molecule has 0 saturated heterocycles. The van der Waals surface area contributed by atoms with Gasteiger partial charge in [0.1, 0.15) is 0 Å². The van der Waals surface area contributed by atoms with E-state index in [9.17, 15) is 9.59 Å². The molecule has 2 rings (SSSR count). The van der Waals surface area contributed by atoms with Crippen molar-refractivity contribution in [1.29, 1.82) is 0 Å². The monoisotopic (exact) mass is 253 g/mol. The molecule has 1 saturated carbocycles. The van der Waals surface area contributed by atoms with Crippen LogP contribution < -0.4 is 16.8 Å². The van der Waals surface area contributed by atoms with Gasteiger partial charge in [0.25, 0.3) is 5.91 Å². The maximum Gasteiger partial charge on any atom is 0.261 e. The van der Waals surface area contributed by atoms with Crippen LogP contribution >= 0.6 is 11.3 Å². The van der Waals surface area contributed by atoms with E-state index in [1.54, 1.807) is 5.38 Å². The number of nitrogens with two attached hydrogens (primary N) is 2. The molecule has 1 aliphatic carbocycles. The Kier molecular flexibility index (Phi) is 3.44. The largest absolute Gasteiger partial charge is 0.366 e. The minimum absolute atomic E-state index is 0.0432. The molecule has 1 aliphatic rings. The van der Waals surface area contributed by atoms with E-state index in [0.29, 0.717) is 22.9 Å². The maximum absolute atomic E-state index is 11.9. The molecule has 0 spiro atoms. The van der Waals surface area contributed by atoms with Crippen LogP contribution in [0, 0.1) is 5.92 Å². The van der Waals surface area contributed by atoms with Gasteiger partial charge in [0.05, 0.1) is 10.4 Å². The highest BCUT2D eigenvalue weighted by Crippen LogP contribution is 2.32. The first kappa shape index (κ1) is 12.1. The fraction of sp³-hybridized carbons (Fsp3) is 0.455. The summed E-state index contributed by atoms with van der Waals surface area (Å²) in [5, 5.41) is 4.48. The van der Waals surface area contributed by atoms with Gasteiger partial charge in [-0.1, -0.05) is 0 Å². The zero-order valence-electron chi connectivity index (χ0n) is 9.31. The number of amides is 2. The molecule has 17 heavy (non-hydrogen) atoms. The summed E-state index contributed by atoms with van der Waals surface area (Å²) in [5.74, 6) is -0.178. The van der Waals surface area contributed by atoms with Gasteiger partial charge in [0, 0.05) is 18.0 Å². The minimum atomic E-state index is -0.516. The minimum Gasteiger partial charge on any atom is -0.366 e. The molecule has 0 bridgehead atoms.